The minimum absolute atomic E-state index is 0.626. The van der Waals surface area contributed by atoms with Gasteiger partial charge in [0.2, 0.25) is 0 Å². The quantitative estimate of drug-likeness (QED) is 0.772. The van der Waals surface area contributed by atoms with Gasteiger partial charge in [0.15, 0.2) is 0 Å². The van der Waals surface area contributed by atoms with Gasteiger partial charge in [-0.05, 0) is 24.0 Å². The molecule has 82 valence electrons. The van der Waals surface area contributed by atoms with E-state index in [1.807, 2.05) is 11.8 Å². The van der Waals surface area contributed by atoms with Gasteiger partial charge in [-0.25, -0.2) is 0 Å². The topological polar surface area (TPSA) is 9.23 Å². The molecule has 0 amide bonds. The molecule has 1 aliphatic heterocycles. The van der Waals surface area contributed by atoms with Crippen LogP contribution in [0.1, 0.15) is 19.4 Å². The summed E-state index contributed by atoms with van der Waals surface area (Å²) in [6.45, 7) is 6.15. The Kier molecular flexibility index (Phi) is 3.71. The molecule has 2 rings (SSSR count). The Hall–Kier alpha value is -0.470. The first-order valence-corrected chi connectivity index (χ1v) is 6.46. The molecule has 1 atom stereocenters. The van der Waals surface area contributed by atoms with Crippen LogP contribution in [-0.2, 0) is 11.2 Å². The van der Waals surface area contributed by atoms with Crippen molar-refractivity contribution in [3.63, 3.8) is 0 Å². The zero-order valence-corrected chi connectivity index (χ0v) is 10.2. The summed E-state index contributed by atoms with van der Waals surface area (Å²) in [5.41, 5.74) is 1.49. The van der Waals surface area contributed by atoms with Crippen molar-refractivity contribution in [1.29, 1.82) is 0 Å². The van der Waals surface area contributed by atoms with E-state index in [1.165, 1.54) is 16.9 Å². The Morgan fingerprint density at radius 2 is 2.20 bits per heavy atom. The standard InChI is InChI=1S/C13H18OS/c1-10(2)8-14-9-12-7-11-5-3-4-6-13(11)15-12/h3-6,10,12H,7-9H2,1-2H3. The van der Waals surface area contributed by atoms with Crippen LogP contribution in [-0.4, -0.2) is 18.5 Å². The summed E-state index contributed by atoms with van der Waals surface area (Å²) in [5.74, 6) is 0.638. The van der Waals surface area contributed by atoms with Crippen molar-refractivity contribution in [3.05, 3.63) is 29.8 Å². The number of hydrogen-bond acceptors (Lipinski definition) is 2. The molecule has 1 nitrogen and oxygen atoms in total. The van der Waals surface area contributed by atoms with Gasteiger partial charge in [0.05, 0.1) is 6.61 Å². The predicted molar refractivity (Wildman–Crippen MR) is 65.4 cm³/mol. The molecule has 2 heteroatoms. The molecule has 0 N–H and O–H groups in total. The van der Waals surface area contributed by atoms with Crippen LogP contribution in [0.2, 0.25) is 0 Å². The summed E-state index contributed by atoms with van der Waals surface area (Å²) in [6.07, 6.45) is 1.17. The molecule has 1 unspecified atom stereocenters. The summed E-state index contributed by atoms with van der Waals surface area (Å²) in [5, 5.41) is 0.626. The van der Waals surface area contributed by atoms with E-state index in [1.54, 1.807) is 0 Å². The Morgan fingerprint density at radius 3 is 2.93 bits per heavy atom. The average molecular weight is 222 g/mol. The minimum Gasteiger partial charge on any atom is -0.380 e. The van der Waals surface area contributed by atoms with Crippen molar-refractivity contribution in [1.82, 2.24) is 0 Å². The molecule has 0 saturated heterocycles. The summed E-state index contributed by atoms with van der Waals surface area (Å²) >= 11 is 1.96. The molecule has 0 bridgehead atoms. The van der Waals surface area contributed by atoms with E-state index in [0.29, 0.717) is 11.2 Å². The molecule has 0 fully saturated rings. The van der Waals surface area contributed by atoms with E-state index >= 15 is 0 Å². The van der Waals surface area contributed by atoms with Crippen LogP contribution < -0.4 is 0 Å². The SMILES string of the molecule is CC(C)COCC1Cc2ccccc2S1. The molecule has 1 aliphatic rings. The predicted octanol–water partition coefficient (Wildman–Crippen LogP) is 3.38. The number of fused-ring (bicyclic) bond motifs is 1. The van der Waals surface area contributed by atoms with Gasteiger partial charge in [0, 0.05) is 16.8 Å². The lowest BCUT2D eigenvalue weighted by atomic mass is 10.1. The zero-order valence-electron chi connectivity index (χ0n) is 9.40. The van der Waals surface area contributed by atoms with E-state index in [9.17, 15) is 0 Å². The monoisotopic (exact) mass is 222 g/mol. The van der Waals surface area contributed by atoms with Gasteiger partial charge in [-0.15, -0.1) is 11.8 Å². The van der Waals surface area contributed by atoms with Crippen molar-refractivity contribution in [2.45, 2.75) is 30.4 Å². The number of thioether (sulfide) groups is 1. The lowest BCUT2D eigenvalue weighted by molar-refractivity contribution is 0.111. The van der Waals surface area contributed by atoms with E-state index in [2.05, 4.69) is 38.1 Å². The van der Waals surface area contributed by atoms with Crippen molar-refractivity contribution in [2.24, 2.45) is 5.92 Å². The van der Waals surface area contributed by atoms with Crippen molar-refractivity contribution in [2.75, 3.05) is 13.2 Å². The summed E-state index contributed by atoms with van der Waals surface area (Å²) < 4.78 is 5.69. The number of rotatable bonds is 4. The molecule has 1 aromatic carbocycles. The number of benzene rings is 1. The summed E-state index contributed by atoms with van der Waals surface area (Å²) in [6, 6.07) is 8.67. The third-order valence-corrected chi connectivity index (χ3v) is 3.76. The van der Waals surface area contributed by atoms with Crippen LogP contribution in [0, 0.1) is 5.92 Å². The van der Waals surface area contributed by atoms with Gasteiger partial charge >= 0.3 is 0 Å². The highest BCUT2D eigenvalue weighted by molar-refractivity contribution is 8.00. The van der Waals surface area contributed by atoms with Gasteiger partial charge in [-0.3, -0.25) is 0 Å². The minimum atomic E-state index is 0.626. The fraction of sp³-hybridized carbons (Fsp3) is 0.538. The summed E-state index contributed by atoms with van der Waals surface area (Å²) in [7, 11) is 0. The highest BCUT2D eigenvalue weighted by Crippen LogP contribution is 2.36. The fourth-order valence-electron chi connectivity index (χ4n) is 1.78. The number of hydrogen-bond donors (Lipinski definition) is 0. The van der Waals surface area contributed by atoms with Crippen molar-refractivity contribution >= 4 is 11.8 Å². The molecule has 1 heterocycles. The van der Waals surface area contributed by atoms with Gasteiger partial charge in [0.25, 0.3) is 0 Å². The first kappa shape index (κ1) is 11.0. The van der Waals surface area contributed by atoms with E-state index < -0.39 is 0 Å². The normalized spacial score (nSPS) is 19.5. The molecule has 0 saturated carbocycles. The Bertz CT molecular complexity index is 297. The largest absolute Gasteiger partial charge is 0.380 e. The maximum atomic E-state index is 5.69. The lowest BCUT2D eigenvalue weighted by Crippen LogP contribution is -2.13. The Morgan fingerprint density at radius 1 is 1.40 bits per heavy atom. The Labute approximate surface area is 96.2 Å². The highest BCUT2D eigenvalue weighted by atomic mass is 32.2. The molecular formula is C13H18OS. The summed E-state index contributed by atoms with van der Waals surface area (Å²) in [4.78, 5) is 1.44. The molecular weight excluding hydrogens is 204 g/mol. The van der Waals surface area contributed by atoms with Crippen LogP contribution in [0.5, 0.6) is 0 Å². The molecule has 1 aromatic rings. The maximum absolute atomic E-state index is 5.69. The van der Waals surface area contributed by atoms with Crippen LogP contribution in [0.3, 0.4) is 0 Å². The van der Waals surface area contributed by atoms with Gasteiger partial charge in [0.1, 0.15) is 0 Å². The van der Waals surface area contributed by atoms with Gasteiger partial charge in [-0.1, -0.05) is 32.0 Å². The smallest absolute Gasteiger partial charge is 0.0591 e. The fourth-order valence-corrected chi connectivity index (χ4v) is 3.03. The second-order valence-electron chi connectivity index (χ2n) is 4.48. The number of ether oxygens (including phenoxy) is 1. The zero-order chi connectivity index (χ0) is 10.7. The van der Waals surface area contributed by atoms with E-state index in [4.69, 9.17) is 4.74 Å². The van der Waals surface area contributed by atoms with E-state index in [-0.39, 0.29) is 0 Å². The molecule has 0 radical (unpaired) electrons. The maximum Gasteiger partial charge on any atom is 0.0591 e. The molecule has 0 aromatic heterocycles. The first-order chi connectivity index (χ1) is 7.25. The lowest BCUT2D eigenvalue weighted by Gasteiger charge is -2.10. The third kappa shape index (κ3) is 2.99. The van der Waals surface area contributed by atoms with Crippen LogP contribution in [0.25, 0.3) is 0 Å². The van der Waals surface area contributed by atoms with Crippen LogP contribution in [0.4, 0.5) is 0 Å². The molecule has 15 heavy (non-hydrogen) atoms. The van der Waals surface area contributed by atoms with Crippen LogP contribution >= 0.6 is 11.8 Å². The first-order valence-electron chi connectivity index (χ1n) is 5.58. The van der Waals surface area contributed by atoms with Gasteiger partial charge in [-0.2, -0.15) is 0 Å². The van der Waals surface area contributed by atoms with Crippen molar-refractivity contribution in [3.8, 4) is 0 Å². The molecule has 0 spiro atoms. The highest BCUT2D eigenvalue weighted by Gasteiger charge is 2.21. The molecule has 0 aliphatic carbocycles. The van der Waals surface area contributed by atoms with Crippen LogP contribution in [0.15, 0.2) is 29.2 Å². The van der Waals surface area contributed by atoms with Gasteiger partial charge < -0.3 is 4.74 Å². The Balaban J connectivity index is 1.80. The van der Waals surface area contributed by atoms with E-state index in [0.717, 1.165) is 13.2 Å². The average Bonchev–Trinajstić information content (AvgIpc) is 2.59. The third-order valence-electron chi connectivity index (χ3n) is 2.47. The second kappa shape index (κ2) is 5.04. The van der Waals surface area contributed by atoms with Crippen molar-refractivity contribution < 1.29 is 4.74 Å². The second-order valence-corrected chi connectivity index (χ2v) is 5.83.